The zero-order chi connectivity index (χ0) is 13.8. The number of amidine groups is 1. The third-order valence-corrected chi connectivity index (χ3v) is 3.59. The van der Waals surface area contributed by atoms with E-state index in [0.717, 1.165) is 21.3 Å². The molecule has 100 valence electrons. The van der Waals surface area contributed by atoms with Crippen LogP contribution in [0.5, 0.6) is 0 Å². The first kappa shape index (κ1) is 15.2. The van der Waals surface area contributed by atoms with Crippen LogP contribution >= 0.6 is 22.9 Å². The van der Waals surface area contributed by atoms with E-state index in [9.17, 15) is 5.11 Å². The number of thiophene rings is 1. The molecule has 1 heterocycles. The van der Waals surface area contributed by atoms with Gasteiger partial charge in [-0.05, 0) is 32.4 Å². The zero-order valence-electron chi connectivity index (χ0n) is 11.1. The molecule has 1 aromatic rings. The number of rotatable bonds is 4. The highest BCUT2D eigenvalue weighted by Crippen LogP contribution is 2.23. The summed E-state index contributed by atoms with van der Waals surface area (Å²) in [5.74, 6) is 0.716. The Balaban J connectivity index is 2.96. The minimum atomic E-state index is -0.924. The highest BCUT2D eigenvalue weighted by Gasteiger charge is 2.21. The zero-order valence-corrected chi connectivity index (χ0v) is 12.7. The average Bonchev–Trinajstić information content (AvgIpc) is 2.69. The van der Waals surface area contributed by atoms with Crippen LogP contribution in [0.1, 0.15) is 32.1 Å². The van der Waals surface area contributed by atoms with Crippen LogP contribution in [0.15, 0.2) is 28.9 Å². The summed E-state index contributed by atoms with van der Waals surface area (Å²) in [4.78, 5) is 5.17. The minimum absolute atomic E-state index is 0.716. The molecule has 0 radical (unpaired) electrons. The highest BCUT2D eigenvalue weighted by molar-refractivity contribution is 7.18. The molecule has 0 saturated carbocycles. The molecule has 0 atom stereocenters. The van der Waals surface area contributed by atoms with Crippen molar-refractivity contribution in [3.8, 4) is 0 Å². The van der Waals surface area contributed by atoms with Gasteiger partial charge >= 0.3 is 0 Å². The van der Waals surface area contributed by atoms with Gasteiger partial charge in [-0.2, -0.15) is 0 Å². The van der Waals surface area contributed by atoms with Gasteiger partial charge in [0.25, 0.3) is 0 Å². The van der Waals surface area contributed by atoms with Gasteiger partial charge in [0.1, 0.15) is 5.84 Å². The van der Waals surface area contributed by atoms with Gasteiger partial charge in [0.2, 0.25) is 0 Å². The van der Waals surface area contributed by atoms with Crippen molar-refractivity contribution in [2.24, 2.45) is 4.99 Å². The van der Waals surface area contributed by atoms with E-state index >= 15 is 0 Å². The Morgan fingerprint density at radius 1 is 1.56 bits per heavy atom. The number of allylic oxidation sites excluding steroid dienone is 1. The van der Waals surface area contributed by atoms with E-state index in [-0.39, 0.29) is 0 Å². The molecule has 0 saturated heterocycles. The summed E-state index contributed by atoms with van der Waals surface area (Å²) in [5, 5.41) is 13.3. The lowest BCUT2D eigenvalue weighted by Gasteiger charge is -2.23. The minimum Gasteiger partial charge on any atom is -0.384 e. The fourth-order valence-corrected chi connectivity index (χ4v) is 2.49. The third kappa shape index (κ3) is 4.12. The van der Waals surface area contributed by atoms with Crippen LogP contribution in [0.2, 0.25) is 4.34 Å². The summed E-state index contributed by atoms with van der Waals surface area (Å²) in [6, 6.07) is 3.75. The molecule has 18 heavy (non-hydrogen) atoms. The van der Waals surface area contributed by atoms with E-state index in [4.69, 9.17) is 11.6 Å². The third-order valence-electron chi connectivity index (χ3n) is 2.35. The maximum absolute atomic E-state index is 10.1. The van der Waals surface area contributed by atoms with Crippen LogP contribution in [0.4, 0.5) is 0 Å². The quantitative estimate of drug-likeness (QED) is 0.658. The lowest BCUT2D eigenvalue weighted by atomic mass is 10.0. The fraction of sp³-hybridized carbons (Fsp3) is 0.462. The number of nitrogens with zero attached hydrogens (tertiary/aromatic N) is 1. The number of nitrogens with one attached hydrogen (secondary N) is 1. The van der Waals surface area contributed by atoms with E-state index in [1.165, 1.54) is 11.3 Å². The van der Waals surface area contributed by atoms with Crippen LogP contribution in [0, 0.1) is 0 Å². The maximum Gasteiger partial charge on any atom is 0.142 e. The van der Waals surface area contributed by atoms with Crippen molar-refractivity contribution in [3.05, 3.63) is 33.1 Å². The largest absolute Gasteiger partial charge is 0.384 e. The number of hydrogen-bond donors (Lipinski definition) is 2. The Hall–Kier alpha value is -0.840. The summed E-state index contributed by atoms with van der Waals surface area (Å²) in [5.41, 5.74) is -0.178. The van der Waals surface area contributed by atoms with E-state index in [0.29, 0.717) is 5.84 Å². The molecule has 1 rings (SSSR count). The first-order chi connectivity index (χ1) is 8.38. The molecule has 5 heteroatoms. The summed E-state index contributed by atoms with van der Waals surface area (Å²) < 4.78 is 0.720. The van der Waals surface area contributed by atoms with Crippen molar-refractivity contribution in [1.29, 1.82) is 0 Å². The van der Waals surface area contributed by atoms with Crippen molar-refractivity contribution in [2.45, 2.75) is 32.8 Å². The molecule has 0 amide bonds. The lowest BCUT2D eigenvalue weighted by Crippen LogP contribution is -2.36. The maximum atomic E-state index is 10.1. The molecule has 0 aliphatic carbocycles. The summed E-state index contributed by atoms with van der Waals surface area (Å²) >= 11 is 7.38. The lowest BCUT2D eigenvalue weighted by molar-refractivity contribution is 0.114. The van der Waals surface area contributed by atoms with Crippen LogP contribution in [-0.2, 0) is 0 Å². The normalized spacial score (nSPS) is 13.9. The number of hydrogen-bond acceptors (Lipinski definition) is 3. The molecular formula is C13H19ClN2OS. The second-order valence-electron chi connectivity index (χ2n) is 4.39. The van der Waals surface area contributed by atoms with Crippen molar-refractivity contribution >= 4 is 28.8 Å². The van der Waals surface area contributed by atoms with Gasteiger partial charge in [0, 0.05) is 12.7 Å². The molecule has 1 aromatic heterocycles. The Bertz CT molecular complexity index is 458. The predicted octanol–water partition coefficient (Wildman–Crippen LogP) is 3.43. The molecule has 2 N–H and O–H groups in total. The van der Waals surface area contributed by atoms with Crippen LogP contribution < -0.4 is 5.32 Å². The van der Waals surface area contributed by atoms with E-state index in [1.807, 2.05) is 25.1 Å². The Labute approximate surface area is 117 Å². The van der Waals surface area contributed by atoms with Gasteiger partial charge in [-0.1, -0.05) is 24.6 Å². The second-order valence-corrected chi connectivity index (χ2v) is 6.10. The van der Waals surface area contributed by atoms with Crippen molar-refractivity contribution < 1.29 is 5.11 Å². The number of aliphatic imine (C=N–C) groups is 1. The Morgan fingerprint density at radius 3 is 2.61 bits per heavy atom. The molecule has 0 aliphatic heterocycles. The monoisotopic (exact) mass is 286 g/mol. The van der Waals surface area contributed by atoms with Crippen molar-refractivity contribution in [3.63, 3.8) is 0 Å². The summed E-state index contributed by atoms with van der Waals surface area (Å²) in [6.45, 7) is 5.52. The summed E-state index contributed by atoms with van der Waals surface area (Å²) in [7, 11) is 1.71. The number of halogens is 1. The van der Waals surface area contributed by atoms with Crippen LogP contribution in [0.25, 0.3) is 0 Å². The smallest absolute Gasteiger partial charge is 0.142 e. The molecule has 0 unspecified atom stereocenters. The number of aliphatic hydroxyl groups is 1. The molecule has 0 aromatic carbocycles. The summed E-state index contributed by atoms with van der Waals surface area (Å²) in [6.07, 6.45) is 2.80. The Morgan fingerprint density at radius 2 is 2.22 bits per heavy atom. The molecule has 0 aliphatic rings. The fourth-order valence-electron chi connectivity index (χ4n) is 1.45. The van der Waals surface area contributed by atoms with Gasteiger partial charge in [-0.25, -0.2) is 0 Å². The molecule has 0 bridgehead atoms. The van der Waals surface area contributed by atoms with E-state index in [1.54, 1.807) is 20.9 Å². The second kappa shape index (κ2) is 6.36. The van der Waals surface area contributed by atoms with Gasteiger partial charge in [0.05, 0.1) is 14.8 Å². The van der Waals surface area contributed by atoms with E-state index < -0.39 is 5.60 Å². The topological polar surface area (TPSA) is 44.6 Å². The first-order valence-corrected chi connectivity index (χ1v) is 7.00. The van der Waals surface area contributed by atoms with Gasteiger partial charge < -0.3 is 10.4 Å². The Kier molecular flexibility index (Phi) is 5.38. The van der Waals surface area contributed by atoms with E-state index in [2.05, 4.69) is 10.3 Å². The van der Waals surface area contributed by atoms with Gasteiger partial charge in [-0.15, -0.1) is 11.3 Å². The average molecular weight is 287 g/mol. The van der Waals surface area contributed by atoms with Crippen molar-refractivity contribution in [2.75, 3.05) is 7.05 Å². The van der Waals surface area contributed by atoms with Crippen LogP contribution in [0.3, 0.4) is 0 Å². The van der Waals surface area contributed by atoms with Crippen molar-refractivity contribution in [1.82, 2.24) is 5.32 Å². The first-order valence-electron chi connectivity index (χ1n) is 5.81. The standard InChI is InChI=1S/C13H19ClN2OS/c1-5-6-10(13(2,3)17)16-12(15-4)9-7-8-11(14)18-9/h6-8,17H,5H2,1-4H3,(H,15,16)/b10-6+. The molecule has 0 fully saturated rings. The van der Waals surface area contributed by atoms with Gasteiger partial charge in [-0.3, -0.25) is 4.99 Å². The SMILES string of the molecule is CC/C=C(/NC(=NC)c1ccc(Cl)s1)C(C)(C)O. The molecule has 3 nitrogen and oxygen atoms in total. The van der Waals surface area contributed by atoms with Crippen LogP contribution in [-0.4, -0.2) is 23.6 Å². The van der Waals surface area contributed by atoms with Gasteiger partial charge in [0.15, 0.2) is 0 Å². The highest BCUT2D eigenvalue weighted by atomic mass is 35.5. The molecule has 0 spiro atoms. The molecular weight excluding hydrogens is 268 g/mol. The predicted molar refractivity (Wildman–Crippen MR) is 79.6 cm³/mol.